The monoisotopic (exact) mass is 180 g/mol. The molecule has 1 fully saturated rings. The average Bonchev–Trinajstić information content (AvgIpc) is 2.71. The van der Waals surface area contributed by atoms with Crippen molar-refractivity contribution < 1.29 is 9.53 Å². The van der Waals surface area contributed by atoms with Gasteiger partial charge in [0.25, 0.3) is 0 Å². The zero-order valence-corrected chi connectivity index (χ0v) is 7.14. The van der Waals surface area contributed by atoms with E-state index in [-0.39, 0.29) is 6.03 Å². The molecule has 1 aromatic rings. The minimum atomic E-state index is -0.107. The lowest BCUT2D eigenvalue weighted by Crippen LogP contribution is -2.43. The van der Waals surface area contributed by atoms with Gasteiger partial charge in [-0.1, -0.05) is 0 Å². The Bertz CT molecular complexity index is 278. The maximum Gasteiger partial charge on any atom is 0.344 e. The molecule has 0 bridgehead atoms. The fraction of sp³-hybridized carbons (Fsp3) is 0.500. The first kappa shape index (κ1) is 8.25. The number of morpholine rings is 1. The van der Waals surface area contributed by atoms with Gasteiger partial charge in [-0.25, -0.2) is 4.79 Å². The first-order valence-corrected chi connectivity index (χ1v) is 4.16. The molecule has 0 aliphatic carbocycles. The maximum atomic E-state index is 11.6. The van der Waals surface area contributed by atoms with E-state index in [2.05, 4.69) is 11.3 Å². The van der Waals surface area contributed by atoms with Gasteiger partial charge in [-0.05, 0) is 6.07 Å². The molecule has 1 amide bonds. The van der Waals surface area contributed by atoms with E-state index in [4.69, 9.17) is 4.74 Å². The molecular formula is C8H10N3O2. The Balaban J connectivity index is 2.04. The molecule has 1 saturated heterocycles. The van der Waals surface area contributed by atoms with Crippen LogP contribution in [0.5, 0.6) is 0 Å². The number of hydrogen-bond acceptors (Lipinski definition) is 3. The van der Waals surface area contributed by atoms with Gasteiger partial charge in [-0.2, -0.15) is 9.78 Å². The van der Waals surface area contributed by atoms with Crippen LogP contribution < -0.4 is 0 Å². The fourth-order valence-corrected chi connectivity index (χ4v) is 1.24. The summed E-state index contributed by atoms with van der Waals surface area (Å²) in [6, 6.07) is 1.50. The molecule has 1 aliphatic rings. The van der Waals surface area contributed by atoms with Crippen molar-refractivity contribution in [1.29, 1.82) is 0 Å². The van der Waals surface area contributed by atoms with Crippen molar-refractivity contribution in [3.8, 4) is 0 Å². The van der Waals surface area contributed by atoms with Crippen LogP contribution in [0.1, 0.15) is 0 Å². The van der Waals surface area contributed by atoms with Crippen LogP contribution in [0.3, 0.4) is 0 Å². The number of ether oxygens (including phenoxy) is 1. The van der Waals surface area contributed by atoms with Gasteiger partial charge < -0.3 is 9.64 Å². The van der Waals surface area contributed by atoms with Gasteiger partial charge in [-0.15, -0.1) is 0 Å². The van der Waals surface area contributed by atoms with Crippen molar-refractivity contribution in [2.75, 3.05) is 26.3 Å². The van der Waals surface area contributed by atoms with Crippen molar-refractivity contribution in [2.45, 2.75) is 0 Å². The SMILES string of the molecule is O=C(N1CCOCC1)n1cc[c]n1. The van der Waals surface area contributed by atoms with Crippen molar-refractivity contribution in [3.05, 3.63) is 18.5 Å². The third kappa shape index (κ3) is 1.70. The van der Waals surface area contributed by atoms with E-state index in [9.17, 15) is 4.79 Å². The Morgan fingerprint density at radius 2 is 2.23 bits per heavy atom. The third-order valence-corrected chi connectivity index (χ3v) is 1.93. The summed E-state index contributed by atoms with van der Waals surface area (Å²) in [7, 11) is 0. The van der Waals surface area contributed by atoms with Gasteiger partial charge in [0.15, 0.2) is 0 Å². The molecule has 69 valence electrons. The van der Waals surface area contributed by atoms with Crippen LogP contribution in [0.25, 0.3) is 0 Å². The summed E-state index contributed by atoms with van der Waals surface area (Å²) in [5.74, 6) is 0. The lowest BCUT2D eigenvalue weighted by atomic mass is 10.4. The molecular weight excluding hydrogens is 170 g/mol. The second-order valence-electron chi connectivity index (χ2n) is 2.77. The Morgan fingerprint density at radius 1 is 1.46 bits per heavy atom. The van der Waals surface area contributed by atoms with Crippen LogP contribution in [-0.2, 0) is 4.74 Å². The van der Waals surface area contributed by atoms with Gasteiger partial charge in [0, 0.05) is 19.3 Å². The van der Waals surface area contributed by atoms with E-state index in [0.717, 1.165) is 0 Å². The number of carbonyl (C=O) groups is 1. The molecule has 1 radical (unpaired) electrons. The Morgan fingerprint density at radius 3 is 2.85 bits per heavy atom. The van der Waals surface area contributed by atoms with Crippen LogP contribution in [0.15, 0.2) is 12.3 Å². The molecule has 1 aromatic heterocycles. The molecule has 2 rings (SSSR count). The molecule has 13 heavy (non-hydrogen) atoms. The highest BCUT2D eigenvalue weighted by Gasteiger charge is 2.17. The van der Waals surface area contributed by atoms with Crippen LogP contribution in [0.2, 0.25) is 0 Å². The van der Waals surface area contributed by atoms with Gasteiger partial charge in [-0.3, -0.25) is 0 Å². The number of aromatic nitrogens is 2. The van der Waals surface area contributed by atoms with Crippen molar-refractivity contribution in [1.82, 2.24) is 14.7 Å². The number of carbonyl (C=O) groups excluding carboxylic acids is 1. The summed E-state index contributed by atoms with van der Waals surface area (Å²) in [5.41, 5.74) is 0. The molecule has 0 N–H and O–H groups in total. The third-order valence-electron chi connectivity index (χ3n) is 1.93. The Labute approximate surface area is 75.9 Å². The number of nitrogens with zero attached hydrogens (tertiary/aromatic N) is 3. The lowest BCUT2D eigenvalue weighted by Gasteiger charge is -2.26. The van der Waals surface area contributed by atoms with Gasteiger partial charge in [0.2, 0.25) is 0 Å². The predicted octanol–water partition coefficient (Wildman–Crippen LogP) is -0.0164. The standard InChI is InChI=1S/C8H10N3O2/c12-8(11-3-1-2-9-11)10-4-6-13-7-5-10/h1,3H,4-7H2. The quantitative estimate of drug-likeness (QED) is 0.564. The molecule has 2 heterocycles. The summed E-state index contributed by atoms with van der Waals surface area (Å²) in [4.78, 5) is 13.3. The van der Waals surface area contributed by atoms with Crippen molar-refractivity contribution in [2.24, 2.45) is 0 Å². The Kier molecular flexibility index (Phi) is 2.27. The largest absolute Gasteiger partial charge is 0.378 e. The first-order valence-electron chi connectivity index (χ1n) is 4.16. The molecule has 0 spiro atoms. The predicted molar refractivity (Wildman–Crippen MR) is 44.2 cm³/mol. The van der Waals surface area contributed by atoms with E-state index in [1.807, 2.05) is 0 Å². The molecule has 0 atom stereocenters. The van der Waals surface area contributed by atoms with Crippen molar-refractivity contribution in [3.63, 3.8) is 0 Å². The molecule has 0 aromatic carbocycles. The summed E-state index contributed by atoms with van der Waals surface area (Å²) in [5, 5.41) is 3.75. The summed E-state index contributed by atoms with van der Waals surface area (Å²) < 4.78 is 6.42. The zero-order chi connectivity index (χ0) is 9.10. The summed E-state index contributed by atoms with van der Waals surface area (Å²) >= 11 is 0. The molecule has 5 heteroatoms. The zero-order valence-electron chi connectivity index (χ0n) is 7.14. The normalized spacial score (nSPS) is 17.4. The van der Waals surface area contributed by atoms with Gasteiger partial charge in [0.05, 0.1) is 13.2 Å². The minimum absolute atomic E-state index is 0.107. The van der Waals surface area contributed by atoms with E-state index in [1.54, 1.807) is 17.2 Å². The minimum Gasteiger partial charge on any atom is -0.378 e. The number of hydrogen-bond donors (Lipinski definition) is 0. The average molecular weight is 180 g/mol. The second-order valence-corrected chi connectivity index (χ2v) is 2.77. The van der Waals surface area contributed by atoms with Gasteiger partial charge in [0.1, 0.15) is 6.20 Å². The second kappa shape index (κ2) is 3.57. The first-order chi connectivity index (χ1) is 6.38. The molecule has 0 saturated carbocycles. The smallest absolute Gasteiger partial charge is 0.344 e. The highest BCUT2D eigenvalue weighted by molar-refractivity contribution is 5.75. The molecule has 5 nitrogen and oxygen atoms in total. The fourth-order valence-electron chi connectivity index (χ4n) is 1.24. The highest BCUT2D eigenvalue weighted by Crippen LogP contribution is 1.99. The molecule has 0 unspecified atom stereocenters. The number of amides is 1. The van der Waals surface area contributed by atoms with E-state index in [0.29, 0.717) is 26.3 Å². The van der Waals surface area contributed by atoms with Crippen LogP contribution in [0.4, 0.5) is 4.79 Å². The summed E-state index contributed by atoms with van der Waals surface area (Å²) in [6.45, 7) is 2.49. The van der Waals surface area contributed by atoms with Crippen LogP contribution >= 0.6 is 0 Å². The number of rotatable bonds is 0. The topological polar surface area (TPSA) is 47.4 Å². The highest BCUT2D eigenvalue weighted by atomic mass is 16.5. The summed E-state index contributed by atoms with van der Waals surface area (Å²) in [6.07, 6.45) is 4.18. The van der Waals surface area contributed by atoms with Crippen LogP contribution in [-0.4, -0.2) is 47.0 Å². The maximum absolute atomic E-state index is 11.6. The van der Waals surface area contributed by atoms with Gasteiger partial charge >= 0.3 is 6.03 Å². The van der Waals surface area contributed by atoms with Crippen LogP contribution in [0, 0.1) is 6.20 Å². The van der Waals surface area contributed by atoms with E-state index < -0.39 is 0 Å². The Hall–Kier alpha value is -1.36. The molecule has 1 aliphatic heterocycles. The van der Waals surface area contributed by atoms with E-state index in [1.165, 1.54) is 4.68 Å². The lowest BCUT2D eigenvalue weighted by molar-refractivity contribution is 0.0528. The van der Waals surface area contributed by atoms with Crippen molar-refractivity contribution >= 4 is 6.03 Å². The van der Waals surface area contributed by atoms with E-state index >= 15 is 0 Å².